The molecule has 2 aromatic carbocycles. The lowest BCUT2D eigenvalue weighted by Crippen LogP contribution is -2.25. The first-order valence-electron chi connectivity index (χ1n) is 5.40. The number of aliphatic carboxylic acids is 1. The topological polar surface area (TPSA) is 37.3 Å². The molecular formula is C15H10O2. The summed E-state index contributed by atoms with van der Waals surface area (Å²) in [5.41, 5.74) is 3.42. The number of hydrogen-bond acceptors (Lipinski definition) is 1. The standard InChI is InChI=1S/C15H10O2/c16-15(17)9-11-5-3-7-13-12-6-2-1-4-10(12)8-14(11)13/h1-9H,(H,16,17). The van der Waals surface area contributed by atoms with Gasteiger partial charge in [0, 0.05) is 6.08 Å². The van der Waals surface area contributed by atoms with Gasteiger partial charge in [0.15, 0.2) is 0 Å². The molecule has 3 rings (SSSR count). The van der Waals surface area contributed by atoms with E-state index in [-0.39, 0.29) is 0 Å². The van der Waals surface area contributed by atoms with Crippen LogP contribution in [0.5, 0.6) is 0 Å². The second-order valence-electron chi connectivity index (χ2n) is 4.02. The zero-order chi connectivity index (χ0) is 11.8. The van der Waals surface area contributed by atoms with Gasteiger partial charge in [-0.1, -0.05) is 42.5 Å². The summed E-state index contributed by atoms with van der Waals surface area (Å²) >= 11 is 0. The SMILES string of the molecule is O=C(O)C=c1cccc2c1=Cc1ccccc1-2. The molecule has 1 aliphatic carbocycles. The number of rotatable bonds is 1. The smallest absolute Gasteiger partial charge is 0.328 e. The van der Waals surface area contributed by atoms with Crippen LogP contribution in [-0.2, 0) is 4.79 Å². The third kappa shape index (κ3) is 1.54. The molecule has 0 aromatic heterocycles. The molecule has 17 heavy (non-hydrogen) atoms. The molecule has 0 spiro atoms. The van der Waals surface area contributed by atoms with Crippen LogP contribution in [-0.4, -0.2) is 11.1 Å². The molecule has 2 heteroatoms. The van der Waals surface area contributed by atoms with Gasteiger partial charge < -0.3 is 5.11 Å². The van der Waals surface area contributed by atoms with Gasteiger partial charge in [-0.15, -0.1) is 0 Å². The van der Waals surface area contributed by atoms with E-state index >= 15 is 0 Å². The van der Waals surface area contributed by atoms with Gasteiger partial charge >= 0.3 is 5.97 Å². The number of benzene rings is 2. The molecule has 82 valence electrons. The molecule has 1 aliphatic rings. The summed E-state index contributed by atoms with van der Waals surface area (Å²) in [6, 6.07) is 13.8. The van der Waals surface area contributed by atoms with Crippen molar-refractivity contribution in [2.75, 3.05) is 0 Å². The van der Waals surface area contributed by atoms with Crippen molar-refractivity contribution in [3.63, 3.8) is 0 Å². The third-order valence-electron chi connectivity index (χ3n) is 2.97. The summed E-state index contributed by atoms with van der Waals surface area (Å²) < 4.78 is 0. The number of carboxylic acids is 1. The highest BCUT2D eigenvalue weighted by Gasteiger charge is 2.11. The molecule has 0 bridgehead atoms. The quantitative estimate of drug-likeness (QED) is 0.675. The summed E-state index contributed by atoms with van der Waals surface area (Å²) in [5.74, 6) is -0.914. The van der Waals surface area contributed by atoms with Crippen molar-refractivity contribution in [1.29, 1.82) is 0 Å². The van der Waals surface area contributed by atoms with Crippen molar-refractivity contribution in [1.82, 2.24) is 0 Å². The molecule has 1 N–H and O–H groups in total. The Morgan fingerprint density at radius 1 is 1.00 bits per heavy atom. The predicted molar refractivity (Wildman–Crippen MR) is 66.8 cm³/mol. The molecule has 0 amide bonds. The second kappa shape index (κ2) is 3.59. The maximum atomic E-state index is 10.8. The monoisotopic (exact) mass is 222 g/mol. The van der Waals surface area contributed by atoms with E-state index in [4.69, 9.17) is 5.11 Å². The molecule has 0 radical (unpaired) electrons. The molecule has 2 aromatic rings. The van der Waals surface area contributed by atoms with E-state index in [2.05, 4.69) is 6.07 Å². The average Bonchev–Trinajstić information content (AvgIpc) is 2.68. The fraction of sp³-hybridized carbons (Fsp3) is 0. The van der Waals surface area contributed by atoms with Gasteiger partial charge in [0.2, 0.25) is 0 Å². The van der Waals surface area contributed by atoms with Gasteiger partial charge in [-0.25, -0.2) is 4.79 Å². The Hall–Kier alpha value is -2.35. The van der Waals surface area contributed by atoms with Crippen LogP contribution >= 0.6 is 0 Å². The van der Waals surface area contributed by atoms with Crippen molar-refractivity contribution in [2.45, 2.75) is 0 Å². The van der Waals surface area contributed by atoms with E-state index in [1.165, 1.54) is 11.6 Å². The van der Waals surface area contributed by atoms with Crippen LogP contribution in [0.25, 0.3) is 23.3 Å². The first kappa shape index (κ1) is 9.85. The van der Waals surface area contributed by atoms with E-state index in [1.54, 1.807) is 0 Å². The zero-order valence-electron chi connectivity index (χ0n) is 9.05. The van der Waals surface area contributed by atoms with Gasteiger partial charge in [-0.05, 0) is 33.2 Å². The lowest BCUT2D eigenvalue weighted by molar-refractivity contribution is -0.129. The molecular weight excluding hydrogens is 212 g/mol. The Morgan fingerprint density at radius 3 is 2.59 bits per heavy atom. The molecule has 0 saturated carbocycles. The van der Waals surface area contributed by atoms with Crippen LogP contribution < -0.4 is 10.4 Å². The molecule has 0 heterocycles. The zero-order valence-corrected chi connectivity index (χ0v) is 9.05. The van der Waals surface area contributed by atoms with Crippen molar-refractivity contribution in [3.05, 3.63) is 58.5 Å². The van der Waals surface area contributed by atoms with Crippen LogP contribution in [0.1, 0.15) is 5.56 Å². The first-order valence-corrected chi connectivity index (χ1v) is 5.40. The number of carboxylic acid groups (broad SMARTS) is 1. The third-order valence-corrected chi connectivity index (χ3v) is 2.97. The molecule has 0 atom stereocenters. The normalized spacial score (nSPS) is 12.8. The van der Waals surface area contributed by atoms with E-state index in [0.29, 0.717) is 0 Å². The van der Waals surface area contributed by atoms with E-state index < -0.39 is 5.97 Å². The van der Waals surface area contributed by atoms with Crippen molar-refractivity contribution in [2.24, 2.45) is 0 Å². The maximum Gasteiger partial charge on any atom is 0.328 e. The lowest BCUT2D eigenvalue weighted by Gasteiger charge is -1.99. The second-order valence-corrected chi connectivity index (χ2v) is 4.02. The largest absolute Gasteiger partial charge is 0.478 e. The minimum Gasteiger partial charge on any atom is -0.478 e. The number of fused-ring (bicyclic) bond motifs is 3. The summed E-state index contributed by atoms with van der Waals surface area (Å²) in [5, 5.41) is 10.6. The highest BCUT2D eigenvalue weighted by molar-refractivity contribution is 5.98. The van der Waals surface area contributed by atoms with Crippen molar-refractivity contribution in [3.8, 4) is 11.1 Å². The Morgan fingerprint density at radius 2 is 1.76 bits per heavy atom. The Bertz CT molecular complexity index is 727. The minimum absolute atomic E-state index is 0.756. The van der Waals surface area contributed by atoms with Crippen molar-refractivity contribution >= 4 is 18.1 Å². The Labute approximate surface area is 98.2 Å². The molecule has 0 unspecified atom stereocenters. The first-order chi connectivity index (χ1) is 8.25. The van der Waals surface area contributed by atoms with Gasteiger partial charge in [0.1, 0.15) is 0 Å². The van der Waals surface area contributed by atoms with Gasteiger partial charge in [-0.3, -0.25) is 0 Å². The maximum absolute atomic E-state index is 10.8. The average molecular weight is 222 g/mol. The fourth-order valence-electron chi connectivity index (χ4n) is 2.26. The van der Waals surface area contributed by atoms with Crippen LogP contribution in [0, 0.1) is 0 Å². The molecule has 0 aliphatic heterocycles. The highest BCUT2D eigenvalue weighted by atomic mass is 16.4. The number of hydrogen-bond donors (Lipinski definition) is 1. The van der Waals surface area contributed by atoms with Gasteiger partial charge in [0.05, 0.1) is 0 Å². The van der Waals surface area contributed by atoms with Crippen molar-refractivity contribution < 1.29 is 9.90 Å². The summed E-state index contributed by atoms with van der Waals surface area (Å²) in [4.78, 5) is 10.8. The van der Waals surface area contributed by atoms with Crippen LogP contribution in [0.3, 0.4) is 0 Å². The van der Waals surface area contributed by atoms with E-state index in [0.717, 1.165) is 21.6 Å². The Balaban J connectivity index is 2.39. The molecule has 0 fully saturated rings. The lowest BCUT2D eigenvalue weighted by atomic mass is 10.0. The van der Waals surface area contributed by atoms with E-state index in [1.807, 2.05) is 42.5 Å². The Kier molecular flexibility index (Phi) is 2.08. The fourth-order valence-corrected chi connectivity index (χ4v) is 2.26. The predicted octanol–water partition coefficient (Wildman–Crippen LogP) is 1.36. The minimum atomic E-state index is -0.914. The van der Waals surface area contributed by atoms with Crippen LogP contribution in [0.4, 0.5) is 0 Å². The van der Waals surface area contributed by atoms with Crippen LogP contribution in [0.2, 0.25) is 0 Å². The highest BCUT2D eigenvalue weighted by Crippen LogP contribution is 2.24. The molecule has 0 saturated heterocycles. The summed E-state index contributed by atoms with van der Waals surface area (Å²) in [6.07, 6.45) is 3.29. The van der Waals surface area contributed by atoms with Gasteiger partial charge in [-0.2, -0.15) is 0 Å². The summed E-state index contributed by atoms with van der Waals surface area (Å²) in [6.45, 7) is 0. The van der Waals surface area contributed by atoms with E-state index in [9.17, 15) is 4.79 Å². The van der Waals surface area contributed by atoms with Gasteiger partial charge in [0.25, 0.3) is 0 Å². The number of carbonyl (C=O) groups is 1. The molecule has 2 nitrogen and oxygen atoms in total. The van der Waals surface area contributed by atoms with Crippen LogP contribution in [0.15, 0.2) is 42.5 Å². The summed E-state index contributed by atoms with van der Waals surface area (Å²) in [7, 11) is 0.